The lowest BCUT2D eigenvalue weighted by Gasteiger charge is -2.01. The van der Waals surface area contributed by atoms with Gasteiger partial charge < -0.3 is 15.6 Å². The summed E-state index contributed by atoms with van der Waals surface area (Å²) in [5.41, 5.74) is 6.58. The normalized spacial score (nSPS) is 10.8. The summed E-state index contributed by atoms with van der Waals surface area (Å²) >= 11 is 0. The number of hydrogen-bond acceptors (Lipinski definition) is 7. The van der Waals surface area contributed by atoms with Crippen molar-refractivity contribution in [3.63, 3.8) is 0 Å². The summed E-state index contributed by atoms with van der Waals surface area (Å²) in [5.74, 6) is 0.390. The molecule has 0 spiro atoms. The molecule has 96 valence electrons. The molecule has 0 fully saturated rings. The molecule has 3 rings (SSSR count). The van der Waals surface area contributed by atoms with E-state index in [2.05, 4.69) is 20.2 Å². The molecule has 0 saturated heterocycles. The highest BCUT2D eigenvalue weighted by Crippen LogP contribution is 2.20. The van der Waals surface area contributed by atoms with Gasteiger partial charge in [-0.3, -0.25) is 0 Å². The van der Waals surface area contributed by atoms with Crippen molar-refractivity contribution in [1.82, 2.24) is 25.0 Å². The third-order valence-corrected chi connectivity index (χ3v) is 2.55. The molecule has 19 heavy (non-hydrogen) atoms. The third kappa shape index (κ3) is 1.88. The van der Waals surface area contributed by atoms with Gasteiger partial charge in [0.05, 0.1) is 12.8 Å². The van der Waals surface area contributed by atoms with Gasteiger partial charge >= 0.3 is 0 Å². The van der Waals surface area contributed by atoms with Gasteiger partial charge in [-0.15, -0.1) is 15.0 Å². The minimum Gasteiger partial charge on any atom is -0.497 e. The number of benzene rings is 1. The maximum absolute atomic E-state index is 9.63. The molecule has 2 heterocycles. The van der Waals surface area contributed by atoms with Crippen LogP contribution in [0.25, 0.3) is 16.9 Å². The molecular formula is C11H10N6O2. The summed E-state index contributed by atoms with van der Waals surface area (Å²) in [7, 11) is 1.59. The average molecular weight is 258 g/mol. The Morgan fingerprint density at radius 3 is 2.58 bits per heavy atom. The average Bonchev–Trinajstić information content (AvgIpc) is 2.83. The summed E-state index contributed by atoms with van der Waals surface area (Å²) in [5, 5.41) is 17.9. The van der Waals surface area contributed by atoms with Crippen LogP contribution in [0.2, 0.25) is 0 Å². The van der Waals surface area contributed by atoms with E-state index in [1.54, 1.807) is 31.4 Å². The Morgan fingerprint density at radius 2 is 1.89 bits per heavy atom. The fraction of sp³-hybridized carbons (Fsp3) is 0.0909. The first-order chi connectivity index (χ1) is 9.17. The number of rotatable bonds is 2. The predicted molar refractivity (Wildman–Crippen MR) is 67.1 cm³/mol. The molecule has 0 amide bonds. The number of aromatic nitrogens is 5. The van der Waals surface area contributed by atoms with Gasteiger partial charge in [-0.1, -0.05) is 0 Å². The summed E-state index contributed by atoms with van der Waals surface area (Å²) in [6.45, 7) is 0. The zero-order chi connectivity index (χ0) is 13.4. The first kappa shape index (κ1) is 11.2. The molecule has 3 aromatic rings. The number of anilines is 1. The van der Waals surface area contributed by atoms with Gasteiger partial charge in [-0.2, -0.15) is 9.97 Å². The van der Waals surface area contributed by atoms with Crippen molar-refractivity contribution < 1.29 is 9.84 Å². The van der Waals surface area contributed by atoms with Crippen LogP contribution in [-0.2, 0) is 0 Å². The van der Waals surface area contributed by atoms with E-state index in [0.29, 0.717) is 5.69 Å². The van der Waals surface area contributed by atoms with Gasteiger partial charge in [-0.05, 0) is 24.3 Å². The largest absolute Gasteiger partial charge is 0.497 e. The molecule has 1 aromatic carbocycles. The third-order valence-electron chi connectivity index (χ3n) is 2.55. The number of nitrogens with two attached hydrogens (primary N) is 1. The van der Waals surface area contributed by atoms with Crippen LogP contribution < -0.4 is 10.5 Å². The Kier molecular flexibility index (Phi) is 2.41. The smallest absolute Gasteiger partial charge is 0.246 e. The molecule has 2 aromatic heterocycles. The SMILES string of the molecule is COc1ccc(-n2nc3nc(N)nc(O)c3n2)cc1. The molecule has 0 unspecified atom stereocenters. The Labute approximate surface area is 107 Å². The minimum absolute atomic E-state index is 0.0493. The monoisotopic (exact) mass is 258 g/mol. The highest BCUT2D eigenvalue weighted by atomic mass is 16.5. The molecule has 3 N–H and O–H groups in total. The molecule has 0 bridgehead atoms. The molecule has 0 radical (unpaired) electrons. The summed E-state index contributed by atoms with van der Waals surface area (Å²) in [6, 6.07) is 7.13. The van der Waals surface area contributed by atoms with E-state index >= 15 is 0 Å². The number of nitrogens with zero attached hydrogens (tertiary/aromatic N) is 5. The summed E-state index contributed by atoms with van der Waals surface area (Å²) in [6.07, 6.45) is 0. The van der Waals surface area contributed by atoms with E-state index in [0.717, 1.165) is 5.75 Å². The zero-order valence-electron chi connectivity index (χ0n) is 9.98. The van der Waals surface area contributed by atoms with E-state index in [4.69, 9.17) is 10.5 Å². The highest BCUT2D eigenvalue weighted by molar-refractivity contribution is 5.75. The van der Waals surface area contributed by atoms with Crippen molar-refractivity contribution >= 4 is 17.1 Å². The number of hydrogen-bond donors (Lipinski definition) is 2. The maximum Gasteiger partial charge on any atom is 0.246 e. The fourth-order valence-electron chi connectivity index (χ4n) is 1.64. The van der Waals surface area contributed by atoms with Crippen molar-refractivity contribution in [2.45, 2.75) is 0 Å². The topological polar surface area (TPSA) is 112 Å². The number of methoxy groups -OCH3 is 1. The van der Waals surface area contributed by atoms with Gasteiger partial charge in [0.25, 0.3) is 0 Å². The van der Waals surface area contributed by atoms with Gasteiger partial charge in [0.1, 0.15) is 5.75 Å². The Morgan fingerprint density at radius 1 is 1.16 bits per heavy atom. The van der Waals surface area contributed by atoms with E-state index < -0.39 is 0 Å². The molecule has 0 saturated carbocycles. The van der Waals surface area contributed by atoms with Gasteiger partial charge in [-0.25, -0.2) is 0 Å². The number of aromatic hydroxyl groups is 1. The Hall–Kier alpha value is -2.90. The number of ether oxygens (including phenoxy) is 1. The molecule has 8 nitrogen and oxygen atoms in total. The molecule has 0 aliphatic rings. The molecular weight excluding hydrogens is 248 g/mol. The lowest BCUT2D eigenvalue weighted by Crippen LogP contribution is -1.98. The zero-order valence-corrected chi connectivity index (χ0v) is 9.98. The van der Waals surface area contributed by atoms with Crippen LogP contribution in [-0.4, -0.2) is 37.2 Å². The summed E-state index contributed by atoms with van der Waals surface area (Å²) < 4.78 is 5.07. The van der Waals surface area contributed by atoms with Crippen LogP contribution in [0.1, 0.15) is 0 Å². The minimum atomic E-state index is -0.290. The van der Waals surface area contributed by atoms with E-state index in [9.17, 15) is 5.11 Å². The van der Waals surface area contributed by atoms with Crippen molar-refractivity contribution in [3.8, 4) is 17.3 Å². The van der Waals surface area contributed by atoms with Crippen molar-refractivity contribution in [2.24, 2.45) is 0 Å². The second-order valence-corrected chi connectivity index (χ2v) is 3.77. The predicted octanol–water partition coefficient (Wildman–Crippen LogP) is 0.507. The fourth-order valence-corrected chi connectivity index (χ4v) is 1.64. The Bertz CT molecular complexity index is 737. The van der Waals surface area contributed by atoms with Crippen LogP contribution in [0.5, 0.6) is 11.6 Å². The van der Waals surface area contributed by atoms with Crippen LogP contribution in [0, 0.1) is 0 Å². The van der Waals surface area contributed by atoms with Crippen LogP contribution in [0.4, 0.5) is 5.95 Å². The van der Waals surface area contributed by atoms with Crippen molar-refractivity contribution in [3.05, 3.63) is 24.3 Å². The van der Waals surface area contributed by atoms with E-state index in [-0.39, 0.29) is 23.0 Å². The first-order valence-electron chi connectivity index (χ1n) is 5.41. The lowest BCUT2D eigenvalue weighted by atomic mass is 10.3. The van der Waals surface area contributed by atoms with E-state index in [1.165, 1.54) is 4.80 Å². The second kappa shape index (κ2) is 4.09. The lowest BCUT2D eigenvalue weighted by molar-refractivity contribution is 0.414. The first-order valence-corrected chi connectivity index (χ1v) is 5.41. The van der Waals surface area contributed by atoms with Crippen LogP contribution in [0.15, 0.2) is 24.3 Å². The summed E-state index contributed by atoms with van der Waals surface area (Å²) in [4.78, 5) is 8.87. The molecule has 0 aliphatic carbocycles. The van der Waals surface area contributed by atoms with Crippen molar-refractivity contribution in [2.75, 3.05) is 12.8 Å². The molecule has 8 heteroatoms. The number of fused-ring (bicyclic) bond motifs is 1. The van der Waals surface area contributed by atoms with E-state index in [1.807, 2.05) is 0 Å². The van der Waals surface area contributed by atoms with Crippen LogP contribution in [0.3, 0.4) is 0 Å². The molecule has 0 aliphatic heterocycles. The van der Waals surface area contributed by atoms with Crippen LogP contribution >= 0.6 is 0 Å². The van der Waals surface area contributed by atoms with Crippen molar-refractivity contribution in [1.29, 1.82) is 0 Å². The van der Waals surface area contributed by atoms with Gasteiger partial charge in [0.15, 0.2) is 5.52 Å². The second-order valence-electron chi connectivity index (χ2n) is 3.77. The standard InChI is InChI=1S/C11H10N6O2/c1-19-7-4-2-6(3-5-7)17-15-8-9(16-17)13-11(12)14-10(8)18/h2-5H,1H3,(H3,12,13,14,16,18). The molecule has 0 atom stereocenters. The van der Waals surface area contributed by atoms with Gasteiger partial charge in [0, 0.05) is 0 Å². The Balaban J connectivity index is 2.12. The van der Waals surface area contributed by atoms with Gasteiger partial charge in [0.2, 0.25) is 17.5 Å². The highest BCUT2D eigenvalue weighted by Gasteiger charge is 2.12. The maximum atomic E-state index is 9.63. The quantitative estimate of drug-likeness (QED) is 0.688. The number of nitrogen functional groups attached to an aromatic ring is 1.